The number of hydrogen-bond acceptors (Lipinski definition) is 3. The Kier molecular flexibility index (Phi) is 2.06. The van der Waals surface area contributed by atoms with Crippen molar-refractivity contribution in [3.8, 4) is 0 Å². The van der Waals surface area contributed by atoms with Gasteiger partial charge in [0.05, 0.1) is 16.8 Å². The quantitative estimate of drug-likeness (QED) is 0.677. The molecule has 0 amide bonds. The SMILES string of the molecule is O=C1OCNc2c1cccc2C(F)(F)F. The van der Waals surface area contributed by atoms with Crippen molar-refractivity contribution in [1.82, 2.24) is 0 Å². The van der Waals surface area contributed by atoms with Crippen LogP contribution in [0.2, 0.25) is 0 Å². The number of esters is 1. The smallest absolute Gasteiger partial charge is 0.418 e. The number of carbonyl (C=O) groups is 1. The van der Waals surface area contributed by atoms with Gasteiger partial charge in [-0.3, -0.25) is 0 Å². The van der Waals surface area contributed by atoms with E-state index >= 15 is 0 Å². The summed E-state index contributed by atoms with van der Waals surface area (Å²) in [5, 5.41) is 2.41. The van der Waals surface area contributed by atoms with E-state index in [4.69, 9.17) is 0 Å². The molecule has 15 heavy (non-hydrogen) atoms. The minimum atomic E-state index is -4.48. The number of alkyl halides is 3. The fourth-order valence-electron chi connectivity index (χ4n) is 1.40. The van der Waals surface area contributed by atoms with Crippen molar-refractivity contribution in [2.75, 3.05) is 12.0 Å². The second-order valence-corrected chi connectivity index (χ2v) is 2.98. The van der Waals surface area contributed by atoms with Gasteiger partial charge < -0.3 is 10.1 Å². The van der Waals surface area contributed by atoms with Gasteiger partial charge in [-0.15, -0.1) is 0 Å². The Morgan fingerprint density at radius 2 is 2.07 bits per heavy atom. The van der Waals surface area contributed by atoms with Crippen molar-refractivity contribution < 1.29 is 22.7 Å². The average Bonchev–Trinajstić information content (AvgIpc) is 2.16. The first kappa shape index (κ1) is 9.82. The minimum absolute atomic E-state index is 0.0870. The Bertz CT molecular complexity index is 414. The molecule has 1 aromatic rings. The predicted molar refractivity (Wildman–Crippen MR) is 45.3 cm³/mol. The third kappa shape index (κ3) is 1.62. The second kappa shape index (κ2) is 3.15. The average molecular weight is 217 g/mol. The van der Waals surface area contributed by atoms with Crippen molar-refractivity contribution in [3.63, 3.8) is 0 Å². The van der Waals surface area contributed by atoms with Crippen molar-refractivity contribution in [1.29, 1.82) is 0 Å². The zero-order chi connectivity index (χ0) is 11.1. The highest BCUT2D eigenvalue weighted by Gasteiger charge is 2.36. The molecule has 0 fully saturated rings. The molecule has 0 atom stereocenters. The number of nitrogens with one attached hydrogen (secondary N) is 1. The van der Waals surface area contributed by atoms with Gasteiger partial charge >= 0.3 is 12.1 Å². The molecule has 0 aliphatic carbocycles. The van der Waals surface area contributed by atoms with Gasteiger partial charge in [0.25, 0.3) is 0 Å². The van der Waals surface area contributed by atoms with Crippen LogP contribution in [0.25, 0.3) is 0 Å². The first-order valence-corrected chi connectivity index (χ1v) is 4.11. The van der Waals surface area contributed by atoms with Gasteiger partial charge in [0, 0.05) is 0 Å². The number of halogens is 3. The second-order valence-electron chi connectivity index (χ2n) is 2.98. The molecule has 1 aromatic carbocycles. The van der Waals surface area contributed by atoms with Crippen LogP contribution in [0.4, 0.5) is 18.9 Å². The molecule has 0 saturated carbocycles. The number of carbonyl (C=O) groups excluding carboxylic acids is 1. The number of hydrogen-bond donors (Lipinski definition) is 1. The van der Waals surface area contributed by atoms with Gasteiger partial charge in [0.1, 0.15) is 0 Å². The number of ether oxygens (including phenoxy) is 1. The number of fused-ring (bicyclic) bond motifs is 1. The van der Waals surface area contributed by atoms with Crippen LogP contribution in [0.1, 0.15) is 15.9 Å². The predicted octanol–water partition coefficient (Wildman–Crippen LogP) is 2.25. The lowest BCUT2D eigenvalue weighted by Crippen LogP contribution is -2.24. The van der Waals surface area contributed by atoms with Gasteiger partial charge in [-0.25, -0.2) is 4.79 Å². The molecule has 2 rings (SSSR count). The van der Waals surface area contributed by atoms with Gasteiger partial charge in [0.2, 0.25) is 0 Å². The topological polar surface area (TPSA) is 38.3 Å². The molecule has 0 bridgehead atoms. The highest BCUT2D eigenvalue weighted by molar-refractivity contribution is 5.97. The van der Waals surface area contributed by atoms with E-state index < -0.39 is 17.7 Å². The summed E-state index contributed by atoms with van der Waals surface area (Å²) in [5.74, 6) is -0.741. The molecule has 1 aliphatic rings. The fraction of sp³-hybridized carbons (Fsp3) is 0.222. The summed E-state index contributed by atoms with van der Waals surface area (Å²) in [6.45, 7) is -0.237. The summed E-state index contributed by atoms with van der Waals surface area (Å²) in [4.78, 5) is 11.1. The lowest BCUT2D eigenvalue weighted by atomic mass is 10.1. The monoisotopic (exact) mass is 217 g/mol. The van der Waals surface area contributed by atoms with E-state index in [0.717, 1.165) is 6.07 Å². The molecular weight excluding hydrogens is 211 g/mol. The lowest BCUT2D eigenvalue weighted by molar-refractivity contribution is -0.137. The Balaban J connectivity index is 2.59. The van der Waals surface area contributed by atoms with E-state index in [1.807, 2.05) is 0 Å². The van der Waals surface area contributed by atoms with E-state index in [1.165, 1.54) is 12.1 Å². The number of rotatable bonds is 0. The molecule has 80 valence electrons. The zero-order valence-corrected chi connectivity index (χ0v) is 7.39. The van der Waals surface area contributed by atoms with Gasteiger partial charge in [-0.2, -0.15) is 13.2 Å². The number of anilines is 1. The summed E-state index contributed by atoms with van der Waals surface area (Å²) < 4.78 is 42.1. The highest BCUT2D eigenvalue weighted by atomic mass is 19.4. The molecule has 0 radical (unpaired) electrons. The van der Waals surface area contributed by atoms with Crippen LogP contribution in [-0.4, -0.2) is 12.7 Å². The van der Waals surface area contributed by atoms with Crippen LogP contribution < -0.4 is 5.32 Å². The molecule has 0 saturated heterocycles. The number of cyclic esters (lactones) is 1. The van der Waals surface area contributed by atoms with Gasteiger partial charge in [0.15, 0.2) is 6.73 Å². The summed E-state index contributed by atoms with van der Waals surface area (Å²) in [6, 6.07) is 3.39. The Hall–Kier alpha value is -1.72. The highest BCUT2D eigenvalue weighted by Crippen LogP contribution is 2.37. The van der Waals surface area contributed by atoms with Crippen molar-refractivity contribution in [2.24, 2.45) is 0 Å². The summed E-state index contributed by atoms with van der Waals surface area (Å²) >= 11 is 0. The Labute approximate surface area is 82.8 Å². The third-order valence-electron chi connectivity index (χ3n) is 2.04. The molecule has 1 N–H and O–H groups in total. The largest absolute Gasteiger partial charge is 0.441 e. The van der Waals surface area contributed by atoms with Crippen LogP contribution in [-0.2, 0) is 10.9 Å². The minimum Gasteiger partial charge on any atom is -0.441 e. The molecule has 6 heteroatoms. The normalized spacial score (nSPS) is 15.3. The van der Waals surface area contributed by atoms with Gasteiger partial charge in [-0.1, -0.05) is 6.07 Å². The summed E-state index contributed by atoms with van der Waals surface area (Å²) in [5.41, 5.74) is -1.14. The van der Waals surface area contributed by atoms with E-state index in [1.54, 1.807) is 0 Å². The lowest BCUT2D eigenvalue weighted by Gasteiger charge is -2.21. The molecule has 1 aliphatic heterocycles. The number of para-hydroxylation sites is 1. The van der Waals surface area contributed by atoms with Crippen molar-refractivity contribution in [2.45, 2.75) is 6.18 Å². The van der Waals surface area contributed by atoms with Crippen molar-refractivity contribution in [3.05, 3.63) is 29.3 Å². The maximum atomic E-state index is 12.5. The molecule has 0 aromatic heterocycles. The Morgan fingerprint density at radius 3 is 2.73 bits per heavy atom. The first-order valence-electron chi connectivity index (χ1n) is 4.11. The standard InChI is InChI=1S/C9H6F3NO2/c10-9(11,12)6-3-1-2-5-7(6)13-4-15-8(5)14/h1-3,13H,4H2. The molecule has 0 spiro atoms. The molecule has 3 nitrogen and oxygen atoms in total. The molecule has 0 unspecified atom stereocenters. The van der Waals surface area contributed by atoms with E-state index in [-0.39, 0.29) is 18.0 Å². The van der Waals surface area contributed by atoms with Gasteiger partial charge in [-0.05, 0) is 12.1 Å². The van der Waals surface area contributed by atoms with E-state index in [9.17, 15) is 18.0 Å². The third-order valence-corrected chi connectivity index (χ3v) is 2.04. The zero-order valence-electron chi connectivity index (χ0n) is 7.39. The summed E-state index contributed by atoms with van der Waals surface area (Å²) in [6.07, 6.45) is -4.48. The maximum absolute atomic E-state index is 12.5. The van der Waals surface area contributed by atoms with Crippen LogP contribution in [0.3, 0.4) is 0 Å². The van der Waals surface area contributed by atoms with E-state index in [2.05, 4.69) is 10.1 Å². The van der Waals surface area contributed by atoms with Crippen LogP contribution >= 0.6 is 0 Å². The Morgan fingerprint density at radius 1 is 1.33 bits per heavy atom. The van der Waals surface area contributed by atoms with E-state index in [0.29, 0.717) is 0 Å². The van der Waals surface area contributed by atoms with Crippen molar-refractivity contribution >= 4 is 11.7 Å². The maximum Gasteiger partial charge on any atom is 0.418 e. The van der Waals surface area contributed by atoms with Crippen LogP contribution in [0, 0.1) is 0 Å². The number of benzene rings is 1. The van der Waals surface area contributed by atoms with Crippen LogP contribution in [0.15, 0.2) is 18.2 Å². The molecule has 1 heterocycles. The van der Waals surface area contributed by atoms with Crippen LogP contribution in [0.5, 0.6) is 0 Å². The summed E-state index contributed by atoms with van der Waals surface area (Å²) in [7, 11) is 0. The fourth-order valence-corrected chi connectivity index (χ4v) is 1.40. The first-order chi connectivity index (χ1) is 7.00. The molecular formula is C9H6F3NO2.